The molecular formula is C15H21N3O3. The predicted molar refractivity (Wildman–Crippen MR) is 80.3 cm³/mol. The maximum atomic E-state index is 11.8. The first kappa shape index (κ1) is 15.2. The lowest BCUT2D eigenvalue weighted by atomic mass is 10.1. The second-order valence-corrected chi connectivity index (χ2v) is 6.04. The number of urea groups is 1. The first-order chi connectivity index (χ1) is 9.85. The van der Waals surface area contributed by atoms with Gasteiger partial charge in [0.25, 0.3) is 0 Å². The first-order valence-electron chi connectivity index (χ1n) is 6.94. The number of ether oxygens (including phenoxy) is 1. The summed E-state index contributed by atoms with van der Waals surface area (Å²) in [4.78, 5) is 25.1. The molecule has 0 saturated carbocycles. The summed E-state index contributed by atoms with van der Waals surface area (Å²) in [6.07, 6.45) is -0.729. The van der Waals surface area contributed by atoms with Crippen LogP contribution in [0, 0.1) is 0 Å². The smallest absolute Gasteiger partial charge is 0.414 e. The summed E-state index contributed by atoms with van der Waals surface area (Å²) < 4.78 is 5.25. The Morgan fingerprint density at radius 3 is 2.62 bits per heavy atom. The minimum Gasteiger partial charge on any atom is -0.442 e. The van der Waals surface area contributed by atoms with E-state index in [2.05, 4.69) is 10.6 Å². The Labute approximate surface area is 124 Å². The lowest BCUT2D eigenvalue weighted by molar-refractivity contribution is 0.140. The molecule has 0 spiro atoms. The number of carbonyl (C=O) groups excluding carboxylic acids is 2. The van der Waals surface area contributed by atoms with Crippen molar-refractivity contribution in [2.75, 3.05) is 18.0 Å². The van der Waals surface area contributed by atoms with Gasteiger partial charge >= 0.3 is 12.1 Å². The Kier molecular flexibility index (Phi) is 4.35. The van der Waals surface area contributed by atoms with E-state index < -0.39 is 0 Å². The number of rotatable bonds is 3. The number of benzene rings is 1. The first-order valence-corrected chi connectivity index (χ1v) is 6.94. The molecule has 2 N–H and O–H groups in total. The summed E-state index contributed by atoms with van der Waals surface area (Å²) in [6, 6.07) is 9.06. The third-order valence-corrected chi connectivity index (χ3v) is 2.92. The van der Waals surface area contributed by atoms with Gasteiger partial charge in [-0.25, -0.2) is 9.59 Å². The van der Waals surface area contributed by atoms with Crippen LogP contribution in [0.25, 0.3) is 0 Å². The van der Waals surface area contributed by atoms with Crippen LogP contribution in [0.15, 0.2) is 30.3 Å². The van der Waals surface area contributed by atoms with Crippen LogP contribution in [0.1, 0.15) is 20.8 Å². The van der Waals surface area contributed by atoms with Crippen molar-refractivity contribution in [1.82, 2.24) is 10.6 Å². The van der Waals surface area contributed by atoms with Crippen LogP contribution in [0.4, 0.5) is 15.3 Å². The number of hydrogen-bond donors (Lipinski definition) is 2. The van der Waals surface area contributed by atoms with E-state index in [4.69, 9.17) is 4.74 Å². The quantitative estimate of drug-likeness (QED) is 0.896. The molecule has 21 heavy (non-hydrogen) atoms. The Bertz CT molecular complexity index is 511. The lowest BCUT2D eigenvalue weighted by Crippen LogP contribution is -2.48. The highest BCUT2D eigenvalue weighted by Gasteiger charge is 2.32. The number of cyclic esters (lactones) is 1. The number of nitrogens with one attached hydrogen (secondary N) is 2. The molecule has 3 amide bonds. The van der Waals surface area contributed by atoms with Crippen molar-refractivity contribution in [3.8, 4) is 0 Å². The molecule has 1 fully saturated rings. The second kappa shape index (κ2) is 6.03. The zero-order chi connectivity index (χ0) is 15.5. The Morgan fingerprint density at radius 1 is 1.33 bits per heavy atom. The van der Waals surface area contributed by atoms with Gasteiger partial charge < -0.3 is 15.4 Å². The van der Waals surface area contributed by atoms with E-state index in [1.165, 1.54) is 0 Å². The van der Waals surface area contributed by atoms with Gasteiger partial charge in [-0.05, 0) is 32.9 Å². The molecule has 0 aliphatic carbocycles. The van der Waals surface area contributed by atoms with E-state index in [1.54, 1.807) is 4.90 Å². The minimum atomic E-state index is -0.385. The van der Waals surface area contributed by atoms with Crippen LogP contribution in [0.5, 0.6) is 0 Å². The predicted octanol–water partition coefficient (Wildman–Crippen LogP) is 2.11. The molecule has 1 aromatic carbocycles. The van der Waals surface area contributed by atoms with Gasteiger partial charge in [0.15, 0.2) is 0 Å². The molecule has 1 aliphatic rings. The lowest BCUT2D eigenvalue weighted by Gasteiger charge is -2.21. The van der Waals surface area contributed by atoms with E-state index in [0.717, 1.165) is 5.69 Å². The standard InChI is InChI=1S/C15H21N3O3/c1-15(2,3)17-13(19)16-9-12-10-18(14(20)21-12)11-7-5-4-6-8-11/h4-8,12H,9-10H2,1-3H3,(H2,16,17,19)/t12-/m1/s1. The summed E-state index contributed by atoms with van der Waals surface area (Å²) in [6.45, 7) is 6.42. The molecule has 0 radical (unpaired) electrons. The number of para-hydroxylation sites is 1. The largest absolute Gasteiger partial charge is 0.442 e. The fourth-order valence-corrected chi connectivity index (χ4v) is 2.04. The molecule has 1 saturated heterocycles. The fraction of sp³-hybridized carbons (Fsp3) is 0.467. The molecule has 2 rings (SSSR count). The van der Waals surface area contributed by atoms with Crippen LogP contribution in [-0.2, 0) is 4.74 Å². The molecule has 0 bridgehead atoms. The normalized spacial score (nSPS) is 18.3. The van der Waals surface area contributed by atoms with Gasteiger partial charge in [0.2, 0.25) is 0 Å². The molecule has 1 atom stereocenters. The molecule has 6 nitrogen and oxygen atoms in total. The Hall–Kier alpha value is -2.24. The zero-order valence-electron chi connectivity index (χ0n) is 12.6. The van der Waals surface area contributed by atoms with Crippen molar-refractivity contribution >= 4 is 17.8 Å². The van der Waals surface area contributed by atoms with E-state index in [9.17, 15) is 9.59 Å². The molecule has 0 unspecified atom stereocenters. The van der Waals surface area contributed by atoms with Gasteiger partial charge in [-0.1, -0.05) is 18.2 Å². The third-order valence-electron chi connectivity index (χ3n) is 2.92. The van der Waals surface area contributed by atoms with Crippen molar-refractivity contribution in [3.05, 3.63) is 30.3 Å². The molecule has 1 aromatic rings. The van der Waals surface area contributed by atoms with Crippen LogP contribution in [0.3, 0.4) is 0 Å². The highest BCUT2D eigenvalue weighted by molar-refractivity contribution is 5.89. The second-order valence-electron chi connectivity index (χ2n) is 6.04. The van der Waals surface area contributed by atoms with E-state index in [-0.39, 0.29) is 30.3 Å². The van der Waals surface area contributed by atoms with Crippen LogP contribution in [0.2, 0.25) is 0 Å². The van der Waals surface area contributed by atoms with Gasteiger partial charge in [-0.2, -0.15) is 0 Å². The molecule has 0 aromatic heterocycles. The van der Waals surface area contributed by atoms with Crippen LogP contribution in [-0.4, -0.2) is 36.9 Å². The number of hydrogen-bond acceptors (Lipinski definition) is 3. The average molecular weight is 291 g/mol. The van der Waals surface area contributed by atoms with Crippen molar-refractivity contribution in [2.45, 2.75) is 32.4 Å². The SMILES string of the molecule is CC(C)(C)NC(=O)NC[C@@H]1CN(c2ccccc2)C(=O)O1. The Balaban J connectivity index is 1.85. The number of carbonyl (C=O) groups is 2. The third kappa shape index (κ3) is 4.37. The van der Waals surface area contributed by atoms with Crippen molar-refractivity contribution in [1.29, 1.82) is 0 Å². The minimum absolute atomic E-state index is 0.267. The van der Waals surface area contributed by atoms with Gasteiger partial charge in [0.1, 0.15) is 6.10 Å². The number of nitrogens with zero attached hydrogens (tertiary/aromatic N) is 1. The topological polar surface area (TPSA) is 70.7 Å². The van der Waals surface area contributed by atoms with Crippen LogP contribution < -0.4 is 15.5 Å². The van der Waals surface area contributed by atoms with E-state index in [0.29, 0.717) is 6.54 Å². The summed E-state index contributed by atoms with van der Waals surface area (Å²) in [5.41, 5.74) is 0.496. The van der Waals surface area contributed by atoms with Crippen molar-refractivity contribution in [3.63, 3.8) is 0 Å². The summed E-state index contributed by atoms with van der Waals surface area (Å²) in [5, 5.41) is 5.51. The highest BCUT2D eigenvalue weighted by Crippen LogP contribution is 2.20. The molecule has 114 valence electrons. The van der Waals surface area contributed by atoms with Gasteiger partial charge in [0, 0.05) is 11.2 Å². The molecule has 1 heterocycles. The monoisotopic (exact) mass is 291 g/mol. The van der Waals surface area contributed by atoms with Gasteiger partial charge in [-0.15, -0.1) is 0 Å². The van der Waals surface area contributed by atoms with Gasteiger partial charge in [-0.3, -0.25) is 4.90 Å². The molecule has 1 aliphatic heterocycles. The van der Waals surface area contributed by atoms with Crippen LogP contribution >= 0.6 is 0 Å². The van der Waals surface area contributed by atoms with Crippen molar-refractivity contribution < 1.29 is 14.3 Å². The van der Waals surface area contributed by atoms with Gasteiger partial charge in [0.05, 0.1) is 13.1 Å². The maximum absolute atomic E-state index is 11.8. The Morgan fingerprint density at radius 2 is 2.00 bits per heavy atom. The maximum Gasteiger partial charge on any atom is 0.414 e. The fourth-order valence-electron chi connectivity index (χ4n) is 2.04. The van der Waals surface area contributed by atoms with Crippen molar-refractivity contribution in [2.24, 2.45) is 0 Å². The zero-order valence-corrected chi connectivity index (χ0v) is 12.6. The molecule has 6 heteroatoms. The highest BCUT2D eigenvalue weighted by atomic mass is 16.6. The summed E-state index contributed by atoms with van der Waals surface area (Å²) in [7, 11) is 0. The number of anilines is 1. The van der Waals surface area contributed by atoms with E-state index in [1.807, 2.05) is 51.1 Å². The van der Waals surface area contributed by atoms with E-state index >= 15 is 0 Å². The molecular weight excluding hydrogens is 270 g/mol. The number of amides is 3. The summed E-state index contributed by atoms with van der Waals surface area (Å²) in [5.74, 6) is 0. The summed E-state index contributed by atoms with van der Waals surface area (Å²) >= 11 is 0. The average Bonchev–Trinajstić information content (AvgIpc) is 2.77.